The van der Waals surface area contributed by atoms with Gasteiger partial charge in [-0.2, -0.15) is 0 Å². The van der Waals surface area contributed by atoms with Gasteiger partial charge in [0.25, 0.3) is 0 Å². The summed E-state index contributed by atoms with van der Waals surface area (Å²) < 4.78 is 5.64. The first-order valence-corrected chi connectivity index (χ1v) is 11.0. The first-order chi connectivity index (χ1) is 14.0. The van der Waals surface area contributed by atoms with Crippen molar-refractivity contribution in [3.63, 3.8) is 0 Å². The number of esters is 1. The van der Waals surface area contributed by atoms with Crippen molar-refractivity contribution in [1.82, 2.24) is 0 Å². The first kappa shape index (κ1) is 18.6. The Hall–Kier alpha value is -2.42. The van der Waals surface area contributed by atoms with Gasteiger partial charge >= 0.3 is 5.97 Å². The molecule has 0 spiro atoms. The Kier molecular flexibility index (Phi) is 4.57. The molecule has 2 aromatic rings. The van der Waals surface area contributed by atoms with E-state index in [0.29, 0.717) is 29.3 Å². The fourth-order valence-corrected chi connectivity index (χ4v) is 6.32. The van der Waals surface area contributed by atoms with Gasteiger partial charge in [0.1, 0.15) is 11.5 Å². The first-order valence-electron chi connectivity index (χ1n) is 11.0. The number of ketones is 1. The minimum Gasteiger partial charge on any atom is -0.426 e. The Bertz CT molecular complexity index is 948. The SMILES string of the molecule is C[C@]12CC[C@@H]3c4ccc(OC(=O)Cc5ccccc5)cc4CC[C@H]3[C@@H]1CCC2=O. The van der Waals surface area contributed by atoms with Crippen LogP contribution in [0.2, 0.25) is 0 Å². The van der Waals surface area contributed by atoms with Gasteiger partial charge in [0.2, 0.25) is 0 Å². The normalized spacial score (nSPS) is 30.2. The maximum atomic E-state index is 12.5. The minimum absolute atomic E-state index is 0.0778. The standard InChI is InChI=1S/C26H28O3/c1-26-14-13-21-20-10-8-19(29-25(28)15-17-5-3-2-4-6-17)16-18(20)7-9-22(21)23(26)11-12-24(26)27/h2-6,8,10,16,21-23H,7,9,11-15H2,1H3/t21-,22-,23+,26+/m1/s1. The molecule has 3 aliphatic carbocycles. The zero-order valence-electron chi connectivity index (χ0n) is 17.0. The highest BCUT2D eigenvalue weighted by atomic mass is 16.5. The Labute approximate surface area is 172 Å². The van der Waals surface area contributed by atoms with E-state index in [-0.39, 0.29) is 17.8 Å². The van der Waals surface area contributed by atoms with Crippen LogP contribution in [0.15, 0.2) is 48.5 Å². The molecule has 0 radical (unpaired) electrons. The van der Waals surface area contributed by atoms with Crippen molar-refractivity contribution in [2.24, 2.45) is 17.3 Å². The van der Waals surface area contributed by atoms with Crippen LogP contribution in [0.5, 0.6) is 5.75 Å². The number of hydrogen-bond acceptors (Lipinski definition) is 3. The smallest absolute Gasteiger partial charge is 0.315 e. The lowest BCUT2D eigenvalue weighted by molar-refractivity contribution is -0.133. The second kappa shape index (κ2) is 7.12. The van der Waals surface area contributed by atoms with Gasteiger partial charge < -0.3 is 4.74 Å². The molecular formula is C26H28O3. The van der Waals surface area contributed by atoms with Crippen molar-refractivity contribution in [3.05, 3.63) is 65.2 Å². The summed E-state index contributed by atoms with van der Waals surface area (Å²) in [6.45, 7) is 2.22. The second-order valence-electron chi connectivity index (χ2n) is 9.33. The summed E-state index contributed by atoms with van der Waals surface area (Å²) in [5.74, 6) is 2.65. The largest absolute Gasteiger partial charge is 0.426 e. The highest BCUT2D eigenvalue weighted by Gasteiger charge is 2.54. The van der Waals surface area contributed by atoms with E-state index in [0.717, 1.165) is 44.1 Å². The monoisotopic (exact) mass is 388 g/mol. The lowest BCUT2D eigenvalue weighted by Gasteiger charge is -2.48. The van der Waals surface area contributed by atoms with Crippen LogP contribution in [0.3, 0.4) is 0 Å². The van der Waals surface area contributed by atoms with Crippen LogP contribution >= 0.6 is 0 Å². The predicted octanol–water partition coefficient (Wildman–Crippen LogP) is 5.26. The van der Waals surface area contributed by atoms with Crippen LogP contribution in [-0.4, -0.2) is 11.8 Å². The molecule has 0 bridgehead atoms. The Morgan fingerprint density at radius 2 is 1.90 bits per heavy atom. The van der Waals surface area contributed by atoms with Gasteiger partial charge in [0, 0.05) is 11.8 Å². The summed E-state index contributed by atoms with van der Waals surface area (Å²) >= 11 is 0. The van der Waals surface area contributed by atoms with E-state index in [1.54, 1.807) is 0 Å². The molecule has 5 rings (SSSR count). The number of carbonyl (C=O) groups is 2. The Balaban J connectivity index is 1.32. The number of fused-ring (bicyclic) bond motifs is 5. The molecule has 29 heavy (non-hydrogen) atoms. The lowest BCUT2D eigenvalue weighted by atomic mass is 9.55. The molecule has 0 aromatic heterocycles. The Morgan fingerprint density at radius 3 is 2.72 bits per heavy atom. The molecule has 2 fully saturated rings. The number of aryl methyl sites for hydroxylation is 1. The third-order valence-corrected chi connectivity index (χ3v) is 7.83. The number of ether oxygens (including phenoxy) is 1. The molecule has 0 N–H and O–H groups in total. The van der Waals surface area contributed by atoms with Crippen LogP contribution in [0.4, 0.5) is 0 Å². The average molecular weight is 389 g/mol. The van der Waals surface area contributed by atoms with E-state index < -0.39 is 0 Å². The lowest BCUT2D eigenvalue weighted by Crippen LogP contribution is -2.42. The quantitative estimate of drug-likeness (QED) is 0.532. The number of benzene rings is 2. The maximum Gasteiger partial charge on any atom is 0.315 e. The molecule has 150 valence electrons. The third kappa shape index (κ3) is 3.21. The summed E-state index contributed by atoms with van der Waals surface area (Å²) in [5, 5.41) is 0. The fourth-order valence-electron chi connectivity index (χ4n) is 6.32. The van der Waals surface area contributed by atoms with Crippen molar-refractivity contribution < 1.29 is 14.3 Å². The van der Waals surface area contributed by atoms with Crippen molar-refractivity contribution in [2.45, 2.75) is 57.8 Å². The molecule has 4 atom stereocenters. The van der Waals surface area contributed by atoms with Gasteiger partial charge in [-0.15, -0.1) is 0 Å². The number of carbonyl (C=O) groups excluding carboxylic acids is 2. The van der Waals surface area contributed by atoms with Crippen LogP contribution in [0, 0.1) is 17.3 Å². The van der Waals surface area contributed by atoms with E-state index >= 15 is 0 Å². The molecule has 0 aliphatic heterocycles. The van der Waals surface area contributed by atoms with E-state index in [1.165, 1.54) is 11.1 Å². The molecule has 2 aromatic carbocycles. The van der Waals surface area contributed by atoms with E-state index in [1.807, 2.05) is 36.4 Å². The molecule has 0 amide bonds. The molecule has 2 saturated carbocycles. The number of rotatable bonds is 3. The number of Topliss-reactive ketones (excluding diaryl/α,β-unsaturated/α-hetero) is 1. The molecule has 3 aliphatic rings. The summed E-state index contributed by atoms with van der Waals surface area (Å²) in [6, 6.07) is 15.9. The van der Waals surface area contributed by atoms with Gasteiger partial charge in [-0.1, -0.05) is 43.3 Å². The van der Waals surface area contributed by atoms with Crippen LogP contribution < -0.4 is 4.74 Å². The van der Waals surface area contributed by atoms with Crippen LogP contribution in [0.25, 0.3) is 0 Å². The number of hydrogen-bond donors (Lipinski definition) is 0. The summed E-state index contributed by atoms with van der Waals surface area (Å²) in [7, 11) is 0. The third-order valence-electron chi connectivity index (χ3n) is 7.83. The highest BCUT2D eigenvalue weighted by molar-refractivity contribution is 5.87. The Morgan fingerprint density at radius 1 is 1.07 bits per heavy atom. The minimum atomic E-state index is -0.220. The summed E-state index contributed by atoms with van der Waals surface area (Å²) in [4.78, 5) is 24.8. The zero-order valence-corrected chi connectivity index (χ0v) is 17.0. The van der Waals surface area contributed by atoms with Crippen LogP contribution in [0.1, 0.15) is 61.6 Å². The fraction of sp³-hybridized carbons (Fsp3) is 0.462. The second-order valence-corrected chi connectivity index (χ2v) is 9.33. The maximum absolute atomic E-state index is 12.5. The van der Waals surface area contributed by atoms with Crippen molar-refractivity contribution in [1.29, 1.82) is 0 Å². The molecule has 0 unspecified atom stereocenters. The molecular weight excluding hydrogens is 360 g/mol. The topological polar surface area (TPSA) is 43.4 Å². The zero-order chi connectivity index (χ0) is 20.0. The van der Waals surface area contributed by atoms with Crippen LogP contribution in [-0.2, 0) is 22.4 Å². The van der Waals surface area contributed by atoms with Gasteiger partial charge in [0.05, 0.1) is 6.42 Å². The van der Waals surface area contributed by atoms with E-state index in [9.17, 15) is 9.59 Å². The van der Waals surface area contributed by atoms with E-state index in [2.05, 4.69) is 19.1 Å². The molecule has 3 nitrogen and oxygen atoms in total. The van der Waals surface area contributed by atoms with Gasteiger partial charge in [-0.3, -0.25) is 9.59 Å². The van der Waals surface area contributed by atoms with E-state index in [4.69, 9.17) is 4.74 Å². The molecule has 0 heterocycles. The highest BCUT2D eigenvalue weighted by Crippen LogP contribution is 2.59. The summed E-state index contributed by atoms with van der Waals surface area (Å²) in [6.07, 6.45) is 6.41. The van der Waals surface area contributed by atoms with Gasteiger partial charge in [-0.05, 0) is 78.7 Å². The van der Waals surface area contributed by atoms with Gasteiger partial charge in [-0.25, -0.2) is 0 Å². The van der Waals surface area contributed by atoms with Crippen molar-refractivity contribution in [2.75, 3.05) is 0 Å². The van der Waals surface area contributed by atoms with Gasteiger partial charge in [0.15, 0.2) is 0 Å². The van der Waals surface area contributed by atoms with Crippen molar-refractivity contribution >= 4 is 11.8 Å². The molecule has 0 saturated heterocycles. The summed E-state index contributed by atoms with van der Waals surface area (Å²) in [5.41, 5.74) is 3.63. The average Bonchev–Trinajstić information content (AvgIpc) is 3.03. The molecule has 3 heteroatoms. The van der Waals surface area contributed by atoms with Crippen molar-refractivity contribution in [3.8, 4) is 5.75 Å². The predicted molar refractivity (Wildman–Crippen MR) is 112 cm³/mol.